The molecule has 0 aliphatic carbocycles. The number of hydrogen-bond donors (Lipinski definition) is 2. The lowest BCUT2D eigenvalue weighted by molar-refractivity contribution is -0.210. The maximum atomic E-state index is 12.6. The van der Waals surface area contributed by atoms with E-state index < -0.39 is 18.3 Å². The summed E-state index contributed by atoms with van der Waals surface area (Å²) in [4.78, 5) is 1.37. The highest BCUT2D eigenvalue weighted by Crippen LogP contribution is 2.36. The molecule has 2 atom stereocenters. The summed E-state index contributed by atoms with van der Waals surface area (Å²) in [5, 5.41) is 9.93. The van der Waals surface area contributed by atoms with Crippen molar-refractivity contribution in [3.63, 3.8) is 0 Å². The van der Waals surface area contributed by atoms with E-state index in [0.29, 0.717) is 9.92 Å². The highest BCUT2D eigenvalue weighted by Gasteiger charge is 2.43. The van der Waals surface area contributed by atoms with E-state index in [-0.39, 0.29) is 5.56 Å². The van der Waals surface area contributed by atoms with Crippen LogP contribution >= 0.6 is 23.4 Å². The molecule has 22 heavy (non-hydrogen) atoms. The molecule has 0 aliphatic heterocycles. The number of hydrogen-bond acceptors (Lipinski definition) is 3. The molecule has 3 N–H and O–H groups in total. The third kappa shape index (κ3) is 4.16. The Morgan fingerprint density at radius 1 is 1.05 bits per heavy atom. The van der Waals surface area contributed by atoms with E-state index in [9.17, 15) is 18.3 Å². The van der Waals surface area contributed by atoms with E-state index in [4.69, 9.17) is 17.3 Å². The zero-order valence-electron chi connectivity index (χ0n) is 11.2. The number of halogens is 4. The number of nitrogens with two attached hydrogens (primary N) is 1. The molecule has 0 spiro atoms. The summed E-state index contributed by atoms with van der Waals surface area (Å²) < 4.78 is 37.9. The van der Waals surface area contributed by atoms with Gasteiger partial charge in [-0.1, -0.05) is 41.6 Å². The second-order valence-electron chi connectivity index (χ2n) is 4.61. The molecule has 2 aromatic carbocycles. The largest absolute Gasteiger partial charge is 0.416 e. The smallest absolute Gasteiger partial charge is 0.382 e. The molecule has 118 valence electrons. The topological polar surface area (TPSA) is 46.2 Å². The molecule has 0 unspecified atom stereocenters. The van der Waals surface area contributed by atoms with Gasteiger partial charge in [-0.05, 0) is 35.9 Å². The van der Waals surface area contributed by atoms with Crippen LogP contribution in [0.25, 0.3) is 0 Å². The average molecular weight is 348 g/mol. The standard InChI is InChI=1S/C15H13ClF3NOS/c16-9-5-7-10(8-6-9)22-12-4-2-1-3-11(12)13(20)14(21)15(17,18)19/h1-8,13-14,21H,20H2/t13-,14-/m1/s1. The van der Waals surface area contributed by atoms with Crippen LogP contribution in [0.2, 0.25) is 5.02 Å². The number of alkyl halides is 3. The van der Waals surface area contributed by atoms with E-state index in [2.05, 4.69) is 0 Å². The molecule has 2 rings (SSSR count). The number of aliphatic hydroxyl groups excluding tert-OH is 1. The van der Waals surface area contributed by atoms with E-state index in [0.717, 1.165) is 4.90 Å². The van der Waals surface area contributed by atoms with Crippen molar-refractivity contribution in [2.75, 3.05) is 0 Å². The molecule has 2 aromatic rings. The van der Waals surface area contributed by atoms with Crippen LogP contribution in [0.15, 0.2) is 58.3 Å². The number of rotatable bonds is 4. The zero-order chi connectivity index (χ0) is 16.3. The summed E-state index contributed by atoms with van der Waals surface area (Å²) in [6.07, 6.45) is -7.38. The SMILES string of the molecule is N[C@H](c1ccccc1Sc1ccc(Cl)cc1)[C@@H](O)C(F)(F)F. The lowest BCUT2D eigenvalue weighted by Crippen LogP contribution is -2.39. The maximum absolute atomic E-state index is 12.6. The van der Waals surface area contributed by atoms with E-state index in [1.165, 1.54) is 17.8 Å². The van der Waals surface area contributed by atoms with Crippen molar-refractivity contribution >= 4 is 23.4 Å². The van der Waals surface area contributed by atoms with Gasteiger partial charge in [-0.15, -0.1) is 0 Å². The Bertz CT molecular complexity index is 633. The van der Waals surface area contributed by atoms with Crippen LogP contribution < -0.4 is 5.73 Å². The number of benzene rings is 2. The lowest BCUT2D eigenvalue weighted by Gasteiger charge is -2.23. The summed E-state index contributed by atoms with van der Waals surface area (Å²) in [5.41, 5.74) is 5.84. The van der Waals surface area contributed by atoms with Gasteiger partial charge >= 0.3 is 6.18 Å². The fourth-order valence-corrected chi connectivity index (χ4v) is 2.97. The van der Waals surface area contributed by atoms with Gasteiger partial charge < -0.3 is 10.8 Å². The van der Waals surface area contributed by atoms with Crippen molar-refractivity contribution in [2.45, 2.75) is 28.1 Å². The van der Waals surface area contributed by atoms with Gasteiger partial charge in [-0.25, -0.2) is 0 Å². The van der Waals surface area contributed by atoms with Gasteiger partial charge in [0.15, 0.2) is 6.10 Å². The van der Waals surface area contributed by atoms with Crippen molar-refractivity contribution in [2.24, 2.45) is 5.73 Å². The van der Waals surface area contributed by atoms with E-state index in [1.807, 2.05) is 0 Å². The first kappa shape index (κ1) is 17.1. The second-order valence-corrected chi connectivity index (χ2v) is 6.16. The molecule has 0 bridgehead atoms. The van der Waals surface area contributed by atoms with Crippen LogP contribution in [0.4, 0.5) is 13.2 Å². The Balaban J connectivity index is 2.28. The van der Waals surface area contributed by atoms with E-state index in [1.54, 1.807) is 42.5 Å². The second kappa shape index (κ2) is 6.91. The molecular formula is C15H13ClF3NOS. The zero-order valence-corrected chi connectivity index (χ0v) is 12.8. The predicted octanol–water partition coefficient (Wildman–Crippen LogP) is 4.41. The summed E-state index contributed by atoms with van der Waals surface area (Å²) >= 11 is 7.06. The maximum Gasteiger partial charge on any atom is 0.416 e. The van der Waals surface area contributed by atoms with Crippen LogP contribution in [0.1, 0.15) is 11.6 Å². The van der Waals surface area contributed by atoms with Crippen LogP contribution in [-0.4, -0.2) is 17.4 Å². The van der Waals surface area contributed by atoms with Gasteiger partial charge in [-0.2, -0.15) is 13.2 Å². The Labute approximate surface area is 135 Å². The highest BCUT2D eigenvalue weighted by atomic mass is 35.5. The van der Waals surface area contributed by atoms with Gasteiger partial charge in [0.05, 0.1) is 6.04 Å². The third-order valence-electron chi connectivity index (χ3n) is 3.00. The minimum Gasteiger partial charge on any atom is -0.382 e. The predicted molar refractivity (Wildman–Crippen MR) is 81.0 cm³/mol. The normalized spacial score (nSPS) is 14.6. The summed E-state index contributed by atoms with van der Waals surface area (Å²) in [6, 6.07) is 11.8. The van der Waals surface area contributed by atoms with Gasteiger partial charge in [0.2, 0.25) is 0 Å². The van der Waals surface area contributed by atoms with Gasteiger partial charge in [0.25, 0.3) is 0 Å². The van der Waals surface area contributed by atoms with Crippen LogP contribution in [0.5, 0.6) is 0 Å². The molecule has 0 amide bonds. The molecule has 0 heterocycles. The molecule has 0 saturated heterocycles. The summed E-state index contributed by atoms with van der Waals surface area (Å²) in [7, 11) is 0. The third-order valence-corrected chi connectivity index (χ3v) is 4.35. The van der Waals surface area contributed by atoms with E-state index >= 15 is 0 Å². The Kier molecular flexibility index (Phi) is 5.39. The quantitative estimate of drug-likeness (QED) is 0.861. The van der Waals surface area contributed by atoms with Gasteiger partial charge in [-0.3, -0.25) is 0 Å². The lowest BCUT2D eigenvalue weighted by atomic mass is 10.0. The fourth-order valence-electron chi connectivity index (χ4n) is 1.85. The minimum atomic E-state index is -4.77. The first-order valence-electron chi connectivity index (χ1n) is 6.32. The molecule has 0 saturated carbocycles. The number of aliphatic hydroxyl groups is 1. The molecule has 0 aromatic heterocycles. The average Bonchev–Trinajstić information content (AvgIpc) is 2.48. The van der Waals surface area contributed by atoms with Crippen LogP contribution in [0, 0.1) is 0 Å². The van der Waals surface area contributed by atoms with Crippen LogP contribution in [0.3, 0.4) is 0 Å². The molecular weight excluding hydrogens is 335 g/mol. The van der Waals surface area contributed by atoms with Crippen molar-refractivity contribution in [1.29, 1.82) is 0 Å². The molecule has 0 radical (unpaired) electrons. The first-order valence-corrected chi connectivity index (χ1v) is 7.51. The fraction of sp³-hybridized carbons (Fsp3) is 0.200. The summed E-state index contributed by atoms with van der Waals surface area (Å²) in [5.74, 6) is 0. The van der Waals surface area contributed by atoms with Gasteiger partial charge in [0, 0.05) is 14.8 Å². The monoisotopic (exact) mass is 347 g/mol. The Morgan fingerprint density at radius 3 is 2.23 bits per heavy atom. The molecule has 2 nitrogen and oxygen atoms in total. The first-order chi connectivity index (χ1) is 10.3. The summed E-state index contributed by atoms with van der Waals surface area (Å²) in [6.45, 7) is 0. The molecule has 0 fully saturated rings. The van der Waals surface area contributed by atoms with Crippen molar-refractivity contribution < 1.29 is 18.3 Å². The van der Waals surface area contributed by atoms with Crippen molar-refractivity contribution in [1.82, 2.24) is 0 Å². The minimum absolute atomic E-state index is 0.243. The van der Waals surface area contributed by atoms with Crippen molar-refractivity contribution in [3.05, 3.63) is 59.1 Å². The Hall–Kier alpha value is -1.21. The molecule has 0 aliphatic rings. The molecule has 7 heteroatoms. The highest BCUT2D eigenvalue weighted by molar-refractivity contribution is 7.99. The van der Waals surface area contributed by atoms with Crippen molar-refractivity contribution in [3.8, 4) is 0 Å². The van der Waals surface area contributed by atoms with Gasteiger partial charge in [0.1, 0.15) is 0 Å². The Morgan fingerprint density at radius 2 is 1.64 bits per heavy atom. The van der Waals surface area contributed by atoms with Crippen LogP contribution in [-0.2, 0) is 0 Å².